The lowest BCUT2D eigenvalue weighted by Gasteiger charge is -2.37. The molecule has 0 radical (unpaired) electrons. The molecule has 1 N–H and O–H groups in total. The maximum absolute atomic E-state index is 12.1. The van der Waals surface area contributed by atoms with Crippen molar-refractivity contribution in [1.82, 2.24) is 10.2 Å². The van der Waals surface area contributed by atoms with Crippen molar-refractivity contribution in [3.63, 3.8) is 0 Å². The lowest BCUT2D eigenvalue weighted by molar-refractivity contribution is -0.153. The number of nitrogens with zero attached hydrogens (tertiary/aromatic N) is 1. The zero-order chi connectivity index (χ0) is 13.0. The zero-order valence-corrected chi connectivity index (χ0v) is 11.3. The van der Waals surface area contributed by atoms with E-state index in [1.54, 1.807) is 0 Å². The second-order valence-electron chi connectivity index (χ2n) is 5.75. The quantitative estimate of drug-likeness (QED) is 0.598. The third kappa shape index (κ3) is 2.91. The van der Waals surface area contributed by atoms with Crippen molar-refractivity contribution >= 4 is 11.8 Å². The summed E-state index contributed by atoms with van der Waals surface area (Å²) in [5.41, 5.74) is 0.0293. The summed E-state index contributed by atoms with van der Waals surface area (Å²) in [4.78, 5) is 25.7. The van der Waals surface area contributed by atoms with Gasteiger partial charge in [0, 0.05) is 25.9 Å². The molecule has 2 fully saturated rings. The van der Waals surface area contributed by atoms with E-state index in [0.717, 1.165) is 32.4 Å². The molecule has 0 unspecified atom stereocenters. The lowest BCUT2D eigenvalue weighted by atomic mass is 9.76. The molecular weight excluding hydrogens is 228 g/mol. The van der Waals surface area contributed by atoms with Gasteiger partial charge in [-0.3, -0.25) is 14.5 Å². The molecule has 1 aliphatic heterocycles. The van der Waals surface area contributed by atoms with Crippen LogP contribution in [0.2, 0.25) is 0 Å². The number of amides is 2. The minimum Gasteiger partial charge on any atom is -0.315 e. The van der Waals surface area contributed by atoms with Crippen LogP contribution in [0.5, 0.6) is 0 Å². The molecule has 0 aromatic heterocycles. The Kier molecular flexibility index (Phi) is 4.38. The summed E-state index contributed by atoms with van der Waals surface area (Å²) in [5.74, 6) is 0.0953. The Morgan fingerprint density at radius 2 is 1.72 bits per heavy atom. The van der Waals surface area contributed by atoms with Crippen molar-refractivity contribution in [3.8, 4) is 0 Å². The summed E-state index contributed by atoms with van der Waals surface area (Å²) in [6.45, 7) is 4.31. The van der Waals surface area contributed by atoms with E-state index >= 15 is 0 Å². The van der Waals surface area contributed by atoms with E-state index in [-0.39, 0.29) is 17.2 Å². The first-order valence-corrected chi connectivity index (χ1v) is 7.21. The van der Waals surface area contributed by atoms with Gasteiger partial charge in [0.1, 0.15) is 0 Å². The molecule has 0 atom stereocenters. The minimum atomic E-state index is 0.0293. The van der Waals surface area contributed by atoms with Gasteiger partial charge < -0.3 is 5.32 Å². The normalized spacial score (nSPS) is 23.1. The Morgan fingerprint density at radius 1 is 1.11 bits per heavy atom. The topological polar surface area (TPSA) is 49.4 Å². The summed E-state index contributed by atoms with van der Waals surface area (Å²) < 4.78 is 0. The molecule has 4 heteroatoms. The molecule has 1 spiro atoms. The number of hydrogen-bond donors (Lipinski definition) is 1. The van der Waals surface area contributed by atoms with Crippen LogP contribution in [0.25, 0.3) is 0 Å². The van der Waals surface area contributed by atoms with Gasteiger partial charge >= 0.3 is 0 Å². The molecule has 2 amide bonds. The monoisotopic (exact) mass is 252 g/mol. The lowest BCUT2D eigenvalue weighted by Crippen LogP contribution is -2.49. The van der Waals surface area contributed by atoms with E-state index < -0.39 is 0 Å². The molecule has 0 aromatic carbocycles. The van der Waals surface area contributed by atoms with E-state index in [9.17, 15) is 9.59 Å². The second-order valence-corrected chi connectivity index (χ2v) is 5.75. The van der Waals surface area contributed by atoms with Crippen LogP contribution >= 0.6 is 0 Å². The Hall–Kier alpha value is -0.900. The smallest absolute Gasteiger partial charge is 0.229 e. The van der Waals surface area contributed by atoms with Crippen molar-refractivity contribution in [3.05, 3.63) is 0 Å². The predicted molar refractivity (Wildman–Crippen MR) is 70.0 cm³/mol. The van der Waals surface area contributed by atoms with Gasteiger partial charge in [0.25, 0.3) is 0 Å². The van der Waals surface area contributed by atoms with Crippen LogP contribution in [-0.4, -0.2) is 36.3 Å². The SMILES string of the molecule is CCCNCCN1C(=O)CC2(CCCC2)CC1=O. The Labute approximate surface area is 109 Å². The van der Waals surface area contributed by atoms with Gasteiger partial charge in [-0.25, -0.2) is 0 Å². The third-order valence-corrected chi connectivity index (χ3v) is 4.26. The molecule has 0 aromatic rings. The highest BCUT2D eigenvalue weighted by atomic mass is 16.2. The van der Waals surface area contributed by atoms with Crippen molar-refractivity contribution < 1.29 is 9.59 Å². The van der Waals surface area contributed by atoms with E-state index in [1.165, 1.54) is 17.7 Å². The molecule has 2 aliphatic rings. The number of piperidine rings is 1. The average Bonchev–Trinajstić information content (AvgIpc) is 2.75. The average molecular weight is 252 g/mol. The van der Waals surface area contributed by atoms with Gasteiger partial charge in [0.05, 0.1) is 0 Å². The first-order chi connectivity index (χ1) is 8.67. The van der Waals surface area contributed by atoms with Crippen molar-refractivity contribution in [2.45, 2.75) is 51.9 Å². The molecule has 2 rings (SSSR count). The molecule has 1 saturated carbocycles. The number of nitrogens with one attached hydrogen (secondary N) is 1. The zero-order valence-electron chi connectivity index (χ0n) is 11.3. The molecular formula is C14H24N2O2. The fourth-order valence-corrected chi connectivity index (χ4v) is 3.25. The molecule has 1 heterocycles. The first-order valence-electron chi connectivity index (χ1n) is 7.21. The van der Waals surface area contributed by atoms with Gasteiger partial charge in [-0.2, -0.15) is 0 Å². The molecule has 18 heavy (non-hydrogen) atoms. The maximum Gasteiger partial charge on any atom is 0.229 e. The standard InChI is InChI=1S/C14H24N2O2/c1-2-7-15-8-9-16-12(17)10-14(11-13(16)18)5-3-4-6-14/h15H,2-11H2,1H3. The molecule has 1 saturated heterocycles. The van der Waals surface area contributed by atoms with Crippen LogP contribution in [-0.2, 0) is 9.59 Å². The van der Waals surface area contributed by atoms with Crippen LogP contribution in [0.3, 0.4) is 0 Å². The minimum absolute atomic E-state index is 0.0293. The molecule has 4 nitrogen and oxygen atoms in total. The Morgan fingerprint density at radius 3 is 2.28 bits per heavy atom. The summed E-state index contributed by atoms with van der Waals surface area (Å²) in [6.07, 6.45) is 6.74. The summed E-state index contributed by atoms with van der Waals surface area (Å²) in [7, 11) is 0. The number of carbonyl (C=O) groups excluding carboxylic acids is 2. The first kappa shape index (κ1) is 13.5. The molecule has 102 valence electrons. The van der Waals surface area contributed by atoms with E-state index in [2.05, 4.69) is 12.2 Å². The highest BCUT2D eigenvalue weighted by Crippen LogP contribution is 2.46. The van der Waals surface area contributed by atoms with Gasteiger partial charge in [-0.05, 0) is 31.2 Å². The van der Waals surface area contributed by atoms with Gasteiger partial charge in [-0.15, -0.1) is 0 Å². The predicted octanol–water partition coefficient (Wildman–Crippen LogP) is 1.70. The second kappa shape index (κ2) is 5.83. The van der Waals surface area contributed by atoms with Crippen LogP contribution in [0.15, 0.2) is 0 Å². The molecule has 0 bridgehead atoms. The maximum atomic E-state index is 12.1. The summed E-state index contributed by atoms with van der Waals surface area (Å²) in [5, 5.41) is 3.24. The van der Waals surface area contributed by atoms with Gasteiger partial charge in [-0.1, -0.05) is 19.8 Å². The van der Waals surface area contributed by atoms with Crippen LogP contribution < -0.4 is 5.32 Å². The largest absolute Gasteiger partial charge is 0.315 e. The number of carbonyl (C=O) groups is 2. The highest BCUT2D eigenvalue weighted by Gasteiger charge is 2.44. The van der Waals surface area contributed by atoms with Crippen LogP contribution in [0, 0.1) is 5.41 Å². The van der Waals surface area contributed by atoms with Crippen molar-refractivity contribution in [2.24, 2.45) is 5.41 Å². The highest BCUT2D eigenvalue weighted by molar-refractivity contribution is 5.98. The van der Waals surface area contributed by atoms with Crippen molar-refractivity contribution in [2.75, 3.05) is 19.6 Å². The van der Waals surface area contributed by atoms with Gasteiger partial charge in [0.2, 0.25) is 11.8 Å². The van der Waals surface area contributed by atoms with Crippen LogP contribution in [0.4, 0.5) is 0 Å². The van der Waals surface area contributed by atoms with E-state index in [1.807, 2.05) is 0 Å². The Balaban J connectivity index is 1.86. The fourth-order valence-electron chi connectivity index (χ4n) is 3.25. The number of likely N-dealkylation sites (tertiary alicyclic amines) is 1. The van der Waals surface area contributed by atoms with E-state index in [0.29, 0.717) is 19.4 Å². The summed E-state index contributed by atoms with van der Waals surface area (Å²) >= 11 is 0. The fraction of sp³-hybridized carbons (Fsp3) is 0.857. The number of hydrogen-bond acceptors (Lipinski definition) is 3. The number of rotatable bonds is 5. The van der Waals surface area contributed by atoms with Gasteiger partial charge in [0.15, 0.2) is 0 Å². The van der Waals surface area contributed by atoms with Crippen molar-refractivity contribution in [1.29, 1.82) is 0 Å². The number of imide groups is 1. The van der Waals surface area contributed by atoms with Crippen LogP contribution in [0.1, 0.15) is 51.9 Å². The van der Waals surface area contributed by atoms with E-state index in [4.69, 9.17) is 0 Å². The third-order valence-electron chi connectivity index (χ3n) is 4.26. The molecule has 1 aliphatic carbocycles. The summed E-state index contributed by atoms with van der Waals surface area (Å²) in [6, 6.07) is 0. The Bertz CT molecular complexity index is 302.